The van der Waals surface area contributed by atoms with Gasteiger partial charge < -0.3 is 4.74 Å². The molecule has 24 heavy (non-hydrogen) atoms. The van der Waals surface area contributed by atoms with Crippen LogP contribution in [-0.4, -0.2) is 27.0 Å². The summed E-state index contributed by atoms with van der Waals surface area (Å²) in [7, 11) is 1.53. The molecule has 1 aromatic carbocycles. The smallest absolute Gasteiger partial charge is 0.197 e. The van der Waals surface area contributed by atoms with Crippen molar-refractivity contribution in [1.82, 2.24) is 19.9 Å². The molecule has 4 rings (SSSR count). The SMILES string of the molecule is COc1ccc(C2CC2c2cnc(-c3ncccn3)nc2)c(F)c1. The third-order valence-corrected chi connectivity index (χ3v) is 4.26. The molecule has 1 saturated carbocycles. The minimum absolute atomic E-state index is 0.165. The van der Waals surface area contributed by atoms with Crippen molar-refractivity contribution in [1.29, 1.82) is 0 Å². The van der Waals surface area contributed by atoms with Gasteiger partial charge in [-0.15, -0.1) is 0 Å². The molecule has 0 amide bonds. The van der Waals surface area contributed by atoms with Crippen molar-refractivity contribution in [3.05, 3.63) is 66.0 Å². The summed E-state index contributed by atoms with van der Waals surface area (Å²) in [6.07, 6.45) is 7.77. The van der Waals surface area contributed by atoms with Crippen molar-refractivity contribution >= 4 is 0 Å². The number of benzene rings is 1. The second kappa shape index (κ2) is 5.96. The van der Waals surface area contributed by atoms with Gasteiger partial charge in [0, 0.05) is 30.9 Å². The Balaban J connectivity index is 1.52. The normalized spacial score (nSPS) is 19.1. The molecule has 5 nitrogen and oxygen atoms in total. The first-order valence-electron chi connectivity index (χ1n) is 7.69. The lowest BCUT2D eigenvalue weighted by molar-refractivity contribution is 0.410. The van der Waals surface area contributed by atoms with Gasteiger partial charge in [0.05, 0.1) is 7.11 Å². The largest absolute Gasteiger partial charge is 0.497 e. The van der Waals surface area contributed by atoms with Gasteiger partial charge in [-0.3, -0.25) is 0 Å². The lowest BCUT2D eigenvalue weighted by Gasteiger charge is -2.05. The number of rotatable bonds is 4. The Morgan fingerprint density at radius 3 is 2.38 bits per heavy atom. The van der Waals surface area contributed by atoms with Crippen LogP contribution in [0.5, 0.6) is 5.75 Å². The molecule has 3 aromatic rings. The molecule has 1 aliphatic rings. The first kappa shape index (κ1) is 14.7. The van der Waals surface area contributed by atoms with Gasteiger partial charge in [-0.05, 0) is 41.5 Å². The maximum atomic E-state index is 14.2. The Morgan fingerprint density at radius 1 is 1.00 bits per heavy atom. The summed E-state index contributed by atoms with van der Waals surface area (Å²) >= 11 is 0. The highest BCUT2D eigenvalue weighted by molar-refractivity contribution is 5.43. The van der Waals surface area contributed by atoms with Gasteiger partial charge in [0.2, 0.25) is 0 Å². The predicted molar refractivity (Wildman–Crippen MR) is 86.1 cm³/mol. The van der Waals surface area contributed by atoms with Gasteiger partial charge in [0.1, 0.15) is 11.6 Å². The van der Waals surface area contributed by atoms with Crippen LogP contribution in [0.25, 0.3) is 11.6 Å². The molecule has 0 saturated heterocycles. The molecule has 0 aliphatic heterocycles. The molecular weight excluding hydrogens is 307 g/mol. The van der Waals surface area contributed by atoms with Crippen molar-refractivity contribution < 1.29 is 9.13 Å². The van der Waals surface area contributed by atoms with Crippen molar-refractivity contribution in [3.8, 4) is 17.4 Å². The second-order valence-corrected chi connectivity index (χ2v) is 5.75. The summed E-state index contributed by atoms with van der Waals surface area (Å²) in [5.41, 5.74) is 1.73. The zero-order chi connectivity index (χ0) is 16.5. The highest BCUT2D eigenvalue weighted by Gasteiger charge is 2.41. The molecule has 2 heterocycles. The van der Waals surface area contributed by atoms with E-state index in [1.807, 2.05) is 0 Å². The van der Waals surface area contributed by atoms with E-state index in [9.17, 15) is 4.39 Å². The van der Waals surface area contributed by atoms with E-state index in [1.165, 1.54) is 13.2 Å². The lowest BCUT2D eigenvalue weighted by Crippen LogP contribution is -1.96. The van der Waals surface area contributed by atoms with Crippen molar-refractivity contribution in [2.24, 2.45) is 0 Å². The van der Waals surface area contributed by atoms with Crippen LogP contribution in [0, 0.1) is 5.82 Å². The van der Waals surface area contributed by atoms with Crippen molar-refractivity contribution in [3.63, 3.8) is 0 Å². The first-order chi connectivity index (χ1) is 11.8. The Hall–Kier alpha value is -2.89. The highest BCUT2D eigenvalue weighted by atomic mass is 19.1. The van der Waals surface area contributed by atoms with Crippen molar-refractivity contribution in [2.45, 2.75) is 18.3 Å². The Bertz CT molecular complexity index is 855. The summed E-state index contributed by atoms with van der Waals surface area (Å²) in [5.74, 6) is 1.71. The summed E-state index contributed by atoms with van der Waals surface area (Å²) in [6.45, 7) is 0. The molecule has 1 fully saturated rings. The van der Waals surface area contributed by atoms with Crippen LogP contribution in [0.15, 0.2) is 49.1 Å². The quantitative estimate of drug-likeness (QED) is 0.737. The minimum Gasteiger partial charge on any atom is -0.497 e. The number of hydrogen-bond donors (Lipinski definition) is 0. The number of nitrogens with zero attached hydrogens (tertiary/aromatic N) is 4. The van der Waals surface area contributed by atoms with Gasteiger partial charge in [-0.25, -0.2) is 24.3 Å². The van der Waals surface area contributed by atoms with Crippen LogP contribution >= 0.6 is 0 Å². The van der Waals surface area contributed by atoms with Gasteiger partial charge in [-0.1, -0.05) is 6.07 Å². The molecular formula is C18H15FN4O. The average Bonchev–Trinajstić information content (AvgIpc) is 3.43. The van der Waals surface area contributed by atoms with Crippen LogP contribution in [0.4, 0.5) is 4.39 Å². The fourth-order valence-corrected chi connectivity index (χ4v) is 2.90. The zero-order valence-electron chi connectivity index (χ0n) is 13.1. The zero-order valence-corrected chi connectivity index (χ0v) is 13.1. The van der Waals surface area contributed by atoms with E-state index in [1.54, 1.807) is 43.0 Å². The molecule has 1 aliphatic carbocycles. The summed E-state index contributed by atoms with van der Waals surface area (Å²) in [4.78, 5) is 16.9. The number of aromatic nitrogens is 4. The molecule has 0 bridgehead atoms. The van der Waals surface area contributed by atoms with E-state index in [2.05, 4.69) is 19.9 Å². The molecule has 6 heteroatoms. The van der Waals surface area contributed by atoms with Crippen LogP contribution < -0.4 is 4.74 Å². The topological polar surface area (TPSA) is 60.8 Å². The molecule has 0 N–H and O–H groups in total. The summed E-state index contributed by atoms with van der Waals surface area (Å²) < 4.78 is 19.2. The molecule has 0 spiro atoms. The van der Waals surface area contributed by atoms with Gasteiger partial charge in [-0.2, -0.15) is 0 Å². The third-order valence-electron chi connectivity index (χ3n) is 4.26. The van der Waals surface area contributed by atoms with Crippen LogP contribution in [-0.2, 0) is 0 Å². The highest BCUT2D eigenvalue weighted by Crippen LogP contribution is 2.55. The van der Waals surface area contributed by atoms with E-state index in [-0.39, 0.29) is 17.7 Å². The van der Waals surface area contributed by atoms with Crippen LogP contribution in [0.2, 0.25) is 0 Å². The number of methoxy groups -OCH3 is 1. The predicted octanol–water partition coefficient (Wildman–Crippen LogP) is 3.35. The second-order valence-electron chi connectivity index (χ2n) is 5.75. The Kier molecular flexibility index (Phi) is 3.65. The molecule has 0 radical (unpaired) electrons. The average molecular weight is 322 g/mol. The number of ether oxygens (including phenoxy) is 1. The van der Waals surface area contributed by atoms with Crippen LogP contribution in [0.3, 0.4) is 0 Å². The number of hydrogen-bond acceptors (Lipinski definition) is 5. The maximum Gasteiger partial charge on any atom is 0.197 e. The summed E-state index contributed by atoms with van der Waals surface area (Å²) in [5, 5.41) is 0. The first-order valence-corrected chi connectivity index (χ1v) is 7.69. The van der Waals surface area contributed by atoms with E-state index in [0.29, 0.717) is 17.4 Å². The Labute approximate surface area is 138 Å². The monoisotopic (exact) mass is 322 g/mol. The van der Waals surface area contributed by atoms with E-state index in [4.69, 9.17) is 4.74 Å². The minimum atomic E-state index is -0.225. The van der Waals surface area contributed by atoms with E-state index >= 15 is 0 Å². The lowest BCUT2D eigenvalue weighted by atomic mass is 10.1. The molecule has 2 aromatic heterocycles. The van der Waals surface area contributed by atoms with Gasteiger partial charge in [0.25, 0.3) is 0 Å². The van der Waals surface area contributed by atoms with Gasteiger partial charge >= 0.3 is 0 Å². The summed E-state index contributed by atoms with van der Waals surface area (Å²) in [6, 6.07) is 6.76. The fraction of sp³-hybridized carbons (Fsp3) is 0.222. The third kappa shape index (κ3) is 2.71. The van der Waals surface area contributed by atoms with E-state index in [0.717, 1.165) is 17.5 Å². The fourth-order valence-electron chi connectivity index (χ4n) is 2.90. The van der Waals surface area contributed by atoms with Crippen molar-refractivity contribution in [2.75, 3.05) is 7.11 Å². The molecule has 2 unspecified atom stereocenters. The molecule has 120 valence electrons. The van der Waals surface area contributed by atoms with Crippen LogP contribution in [0.1, 0.15) is 29.4 Å². The van der Waals surface area contributed by atoms with Gasteiger partial charge in [0.15, 0.2) is 11.6 Å². The number of halogens is 1. The standard InChI is InChI=1S/C18H15FN4O/c1-24-12-3-4-13(16(19)7-12)15-8-14(15)11-9-22-18(23-10-11)17-20-5-2-6-21-17/h2-7,9-10,14-15H,8H2,1H3. The maximum absolute atomic E-state index is 14.2. The molecule has 2 atom stereocenters. The Morgan fingerprint density at radius 2 is 1.71 bits per heavy atom. The van der Waals surface area contributed by atoms with E-state index < -0.39 is 0 Å².